The summed E-state index contributed by atoms with van der Waals surface area (Å²) < 4.78 is 113. The van der Waals surface area contributed by atoms with Gasteiger partial charge in [-0.1, -0.05) is 78.3 Å². The van der Waals surface area contributed by atoms with Gasteiger partial charge >= 0.3 is 6.18 Å². The maximum absolute atomic E-state index is 13.6. The number of carbonyl (C=O) groups is 3. The van der Waals surface area contributed by atoms with E-state index in [1.165, 1.54) is 82.3 Å². The minimum Gasteiger partial charge on any atom is -0.508 e. The van der Waals surface area contributed by atoms with Crippen LogP contribution in [0, 0.1) is 23.6 Å². The number of thiophene rings is 3. The van der Waals surface area contributed by atoms with E-state index < -0.39 is 28.9 Å². The number of hydrogen-bond acceptors (Lipinski definition) is 15. The van der Waals surface area contributed by atoms with Crippen molar-refractivity contribution in [2.24, 2.45) is 17.8 Å². The van der Waals surface area contributed by atoms with Crippen LogP contribution in [0.3, 0.4) is 0 Å². The standard InChI is InChI=1S/C29H25F4NO3S.C28H25ClFNO3S.C28H25F2NO3S/c30-15-19-16-34(17-19)13-3-4-18-7-10-21(11-8-18)37-27-23-12-9-20(35)14-25(23)38-28(27)26(36)22-5-1-2-6-24(22)29(31,32)33;29-24-6-2-1-5-22(24)26(33)28-27(23-12-9-20(32)14-25(23)35-28)34-21-10-7-18(8-11-21)4-3-13-31-16-19(15-30)17-31;29-15-19-16-31(17-19)13-1-2-18-3-10-23(11-4-18)34-27-24-12-9-22(32)14-25(24)35-28(27)26(33)20-5-7-21(30)8-6-20/h1-2,5-12,14,19,35H,3-4,13,15-17H2;1-2,5-12,14,19,32H,3-4,13,15-17H2;3-12,14,19,32H,1-2,13,15-17H2. The summed E-state index contributed by atoms with van der Waals surface area (Å²) in [6, 6.07) is 54.4. The van der Waals surface area contributed by atoms with Gasteiger partial charge in [0.2, 0.25) is 17.3 Å². The molecule has 0 bridgehead atoms. The van der Waals surface area contributed by atoms with E-state index in [-0.39, 0.29) is 77.2 Å². The minimum atomic E-state index is -4.69. The Kier molecular flexibility index (Phi) is 24.6. The number of aromatic hydroxyl groups is 3. The summed E-state index contributed by atoms with van der Waals surface area (Å²) in [6.45, 7) is 7.22. The van der Waals surface area contributed by atoms with Crippen LogP contribution >= 0.6 is 45.6 Å². The Balaban J connectivity index is 0.000000143. The predicted octanol–water partition coefficient (Wildman–Crippen LogP) is 21.2. The van der Waals surface area contributed by atoms with Crippen molar-refractivity contribution in [2.45, 2.75) is 44.7 Å². The Hall–Kier alpha value is -9.65. The molecule has 0 saturated carbocycles. The van der Waals surface area contributed by atoms with Crippen LogP contribution in [0.1, 0.15) is 87.2 Å². The second-order valence-corrected chi connectivity index (χ2v) is 30.8. The average molecular weight is 1550 g/mol. The van der Waals surface area contributed by atoms with Crippen molar-refractivity contribution in [3.05, 3.63) is 265 Å². The number of ketones is 3. The molecule has 15 rings (SSSR count). The van der Waals surface area contributed by atoms with Crippen LogP contribution in [0.25, 0.3) is 30.3 Å². The number of nitrogens with zero attached hydrogens (tertiary/aromatic N) is 3. The molecule has 0 radical (unpaired) electrons. The Morgan fingerprint density at radius 2 is 0.759 bits per heavy atom. The van der Waals surface area contributed by atoms with E-state index in [9.17, 15) is 60.4 Å². The molecular weight excluding hydrogens is 1470 g/mol. The van der Waals surface area contributed by atoms with Gasteiger partial charge in [0.05, 0.1) is 30.6 Å². The second kappa shape index (κ2) is 34.7. The fourth-order valence-corrected chi connectivity index (χ4v) is 17.0. The molecule has 558 valence electrons. The van der Waals surface area contributed by atoms with Crippen LogP contribution in [0.4, 0.5) is 30.7 Å². The molecule has 12 aromatic rings. The smallest absolute Gasteiger partial charge is 0.417 e. The Morgan fingerprint density at radius 1 is 0.426 bits per heavy atom. The van der Waals surface area contributed by atoms with Crippen LogP contribution < -0.4 is 14.2 Å². The highest BCUT2D eigenvalue weighted by Crippen LogP contribution is 2.47. The van der Waals surface area contributed by atoms with Crippen LogP contribution in [-0.2, 0) is 25.4 Å². The largest absolute Gasteiger partial charge is 0.508 e. The SMILES string of the molecule is O=C(c1ccc(F)cc1)c1sc2cc(O)ccc2c1Oc1ccc(CCCN2CC(CF)C2)cc1.O=C(c1ccccc1C(F)(F)F)c1sc2cc(O)ccc2c1Oc1ccc(CCCN2CC(CF)C2)cc1.O=C(c1ccccc1Cl)c1sc2cc(O)ccc2c1Oc1ccc(CCCN2CC(CF)C2)cc1. The molecule has 9 aromatic carbocycles. The zero-order valence-electron chi connectivity index (χ0n) is 58.4. The first kappa shape index (κ1) is 76.5. The first-order valence-electron chi connectivity index (χ1n) is 35.5. The highest BCUT2D eigenvalue weighted by molar-refractivity contribution is 7.22. The predicted molar refractivity (Wildman–Crippen MR) is 412 cm³/mol. The van der Waals surface area contributed by atoms with Gasteiger partial charge in [0.25, 0.3) is 0 Å². The fourth-order valence-electron chi connectivity index (χ4n) is 13.4. The summed E-state index contributed by atoms with van der Waals surface area (Å²) in [5.74, 6) is 1.82. The summed E-state index contributed by atoms with van der Waals surface area (Å²) in [6.07, 6.45) is 0.982. The Bertz CT molecular complexity index is 5140. The van der Waals surface area contributed by atoms with Crippen LogP contribution in [0.15, 0.2) is 200 Å². The lowest BCUT2D eigenvalue weighted by Crippen LogP contribution is -2.47. The molecule has 0 amide bonds. The van der Waals surface area contributed by atoms with Gasteiger partial charge in [-0.05, 0) is 208 Å². The third-order valence-corrected chi connectivity index (χ3v) is 22.9. The molecular formula is C85H75ClF7N3O9S3. The first-order valence-corrected chi connectivity index (χ1v) is 38.3. The number of likely N-dealkylation sites (tertiary alicyclic amines) is 3. The van der Waals surface area contributed by atoms with Gasteiger partial charge < -0.3 is 44.2 Å². The molecule has 0 spiro atoms. The van der Waals surface area contributed by atoms with Crippen LogP contribution in [-0.4, -0.2) is 126 Å². The lowest BCUT2D eigenvalue weighted by atomic mass is 10.0. The molecule has 3 N–H and O–H groups in total. The highest BCUT2D eigenvalue weighted by atomic mass is 35.5. The number of rotatable bonds is 27. The summed E-state index contributed by atoms with van der Waals surface area (Å²) in [4.78, 5) is 47.7. The number of phenolic OH excluding ortho intramolecular Hbond substituents is 3. The van der Waals surface area contributed by atoms with Gasteiger partial charge in [-0.15, -0.1) is 34.0 Å². The summed E-state index contributed by atoms with van der Waals surface area (Å²) in [7, 11) is 0. The van der Waals surface area contributed by atoms with Gasteiger partial charge in [0.15, 0.2) is 17.2 Å². The summed E-state index contributed by atoms with van der Waals surface area (Å²) >= 11 is 9.78. The quantitative estimate of drug-likeness (QED) is 0.0332. The topological polar surface area (TPSA) is 149 Å². The normalized spacial score (nSPS) is 14.3. The number of alkyl halides is 6. The molecule has 3 saturated heterocycles. The van der Waals surface area contributed by atoms with Crippen molar-refractivity contribution < 1.29 is 74.6 Å². The monoisotopic (exact) mass is 1550 g/mol. The molecule has 0 atom stereocenters. The number of halogens is 8. The Labute approximate surface area is 636 Å². The van der Waals surface area contributed by atoms with E-state index in [1.54, 1.807) is 78.9 Å². The number of benzene rings is 9. The maximum atomic E-state index is 13.6. The highest BCUT2D eigenvalue weighted by Gasteiger charge is 2.37. The minimum absolute atomic E-state index is 0.0208. The number of aryl methyl sites for hydroxylation is 3. The molecule has 0 unspecified atom stereocenters. The molecule has 108 heavy (non-hydrogen) atoms. The molecule has 3 aliphatic heterocycles. The second-order valence-electron chi connectivity index (χ2n) is 27.2. The lowest BCUT2D eigenvalue weighted by Gasteiger charge is -2.37. The molecule has 23 heteroatoms. The number of fused-ring (bicyclic) bond motifs is 3. The van der Waals surface area contributed by atoms with Gasteiger partial charge in [-0.3, -0.25) is 27.6 Å². The van der Waals surface area contributed by atoms with Crippen LogP contribution in [0.2, 0.25) is 5.02 Å². The first-order chi connectivity index (χ1) is 52.2. The molecule has 3 aliphatic rings. The van der Waals surface area contributed by atoms with Gasteiger partial charge in [0, 0.05) is 104 Å². The van der Waals surface area contributed by atoms with Crippen molar-refractivity contribution in [3.63, 3.8) is 0 Å². The van der Waals surface area contributed by atoms with E-state index in [2.05, 4.69) is 14.7 Å². The zero-order chi connectivity index (χ0) is 75.6. The third kappa shape index (κ3) is 18.5. The van der Waals surface area contributed by atoms with Crippen LogP contribution in [0.5, 0.6) is 51.7 Å². The summed E-state index contributed by atoms with van der Waals surface area (Å²) in [5, 5.41) is 32.2. The van der Waals surface area contributed by atoms with Crippen molar-refractivity contribution in [1.29, 1.82) is 0 Å². The zero-order valence-corrected chi connectivity index (χ0v) is 61.6. The average Bonchev–Trinajstić information content (AvgIpc) is 1.63. The van der Waals surface area contributed by atoms with E-state index in [1.807, 2.05) is 60.7 Å². The van der Waals surface area contributed by atoms with E-state index in [0.29, 0.717) is 64.7 Å². The van der Waals surface area contributed by atoms with Crippen molar-refractivity contribution >= 4 is 93.2 Å². The van der Waals surface area contributed by atoms with Gasteiger partial charge in [-0.25, -0.2) is 4.39 Å². The molecule has 6 heterocycles. The Morgan fingerprint density at radius 3 is 1.11 bits per heavy atom. The van der Waals surface area contributed by atoms with Crippen molar-refractivity contribution in [2.75, 3.05) is 78.9 Å². The van der Waals surface area contributed by atoms with Gasteiger partial charge in [-0.2, -0.15) is 13.2 Å². The molecule has 3 aromatic heterocycles. The van der Waals surface area contributed by atoms with Crippen molar-refractivity contribution in [3.8, 4) is 51.7 Å². The lowest BCUT2D eigenvalue weighted by molar-refractivity contribution is -0.137. The number of hydrogen-bond donors (Lipinski definition) is 3. The van der Waals surface area contributed by atoms with Crippen molar-refractivity contribution in [1.82, 2.24) is 14.7 Å². The fraction of sp³-hybridized carbons (Fsp3) is 0.259. The summed E-state index contributed by atoms with van der Waals surface area (Å²) in [5.41, 5.74) is 2.77. The molecule has 12 nitrogen and oxygen atoms in total. The van der Waals surface area contributed by atoms with Gasteiger partial charge in [0.1, 0.15) is 54.9 Å². The van der Waals surface area contributed by atoms with E-state index in [0.717, 1.165) is 147 Å². The molecule has 0 aliphatic carbocycles. The number of phenols is 3. The maximum Gasteiger partial charge on any atom is 0.417 e. The third-order valence-electron chi connectivity index (χ3n) is 19.2. The number of carbonyl (C=O) groups excluding carboxylic acids is 3. The number of ether oxygens (including phenoxy) is 3. The van der Waals surface area contributed by atoms with E-state index in [4.69, 9.17) is 25.8 Å². The van der Waals surface area contributed by atoms with E-state index >= 15 is 0 Å². The molecule has 3 fully saturated rings.